The molecule has 0 saturated heterocycles. The molecule has 0 aliphatic carbocycles. The molecular formula is C12H14N2O. The largest absolute Gasteiger partial charge is 0.489 e. The number of ether oxygens (including phenoxy) is 1. The van der Waals surface area contributed by atoms with Crippen LogP contribution in [0.4, 0.5) is 0 Å². The van der Waals surface area contributed by atoms with Gasteiger partial charge in [0.1, 0.15) is 12.4 Å². The van der Waals surface area contributed by atoms with E-state index < -0.39 is 0 Å². The van der Waals surface area contributed by atoms with Crippen molar-refractivity contribution in [2.45, 2.75) is 13.5 Å². The van der Waals surface area contributed by atoms with E-state index in [2.05, 4.69) is 5.10 Å². The lowest BCUT2D eigenvalue weighted by molar-refractivity contribution is 0.304. The smallest absolute Gasteiger partial charge is 0.122 e. The molecular weight excluding hydrogens is 188 g/mol. The van der Waals surface area contributed by atoms with E-state index in [1.54, 1.807) is 4.68 Å². The van der Waals surface area contributed by atoms with Crippen LogP contribution in [0.3, 0.4) is 0 Å². The Morgan fingerprint density at radius 2 is 2.13 bits per heavy atom. The predicted octanol–water partition coefficient (Wildman–Crippen LogP) is 2.31. The second kappa shape index (κ2) is 4.17. The summed E-state index contributed by atoms with van der Waals surface area (Å²) in [7, 11) is 1.90. The van der Waals surface area contributed by atoms with Crippen LogP contribution in [-0.2, 0) is 13.7 Å². The van der Waals surface area contributed by atoms with E-state index in [4.69, 9.17) is 4.74 Å². The molecule has 0 N–H and O–H groups in total. The zero-order chi connectivity index (χ0) is 10.7. The van der Waals surface area contributed by atoms with E-state index in [-0.39, 0.29) is 0 Å². The van der Waals surface area contributed by atoms with Gasteiger partial charge >= 0.3 is 0 Å². The molecule has 0 atom stereocenters. The fourth-order valence-electron chi connectivity index (χ4n) is 1.43. The molecule has 0 radical (unpaired) electrons. The summed E-state index contributed by atoms with van der Waals surface area (Å²) in [4.78, 5) is 0. The number of para-hydroxylation sites is 1. The minimum atomic E-state index is 0.568. The van der Waals surface area contributed by atoms with E-state index in [1.165, 1.54) is 0 Å². The van der Waals surface area contributed by atoms with Gasteiger partial charge in [-0.2, -0.15) is 5.10 Å². The highest BCUT2D eigenvalue weighted by Crippen LogP contribution is 2.17. The van der Waals surface area contributed by atoms with Gasteiger partial charge in [-0.05, 0) is 18.6 Å². The van der Waals surface area contributed by atoms with Crippen LogP contribution >= 0.6 is 0 Å². The minimum Gasteiger partial charge on any atom is -0.489 e. The lowest BCUT2D eigenvalue weighted by Gasteiger charge is -2.06. The van der Waals surface area contributed by atoms with Crippen molar-refractivity contribution in [3.63, 3.8) is 0 Å². The molecule has 0 aliphatic rings. The quantitative estimate of drug-likeness (QED) is 0.763. The summed E-state index contributed by atoms with van der Waals surface area (Å²) in [6.07, 6.45) is 3.77. The number of aromatic nitrogens is 2. The Kier molecular flexibility index (Phi) is 2.72. The molecule has 2 aromatic rings. The number of hydrogen-bond acceptors (Lipinski definition) is 2. The molecule has 0 bridgehead atoms. The Balaban J connectivity index is 2.02. The summed E-state index contributed by atoms with van der Waals surface area (Å²) >= 11 is 0. The van der Waals surface area contributed by atoms with Gasteiger partial charge in [-0.1, -0.05) is 18.2 Å². The van der Waals surface area contributed by atoms with Gasteiger partial charge in [0.2, 0.25) is 0 Å². The van der Waals surface area contributed by atoms with Crippen molar-refractivity contribution in [3.05, 3.63) is 47.8 Å². The molecule has 0 fully saturated rings. The molecule has 0 amide bonds. The van der Waals surface area contributed by atoms with Crippen molar-refractivity contribution in [1.82, 2.24) is 9.78 Å². The van der Waals surface area contributed by atoms with Gasteiger partial charge < -0.3 is 4.74 Å². The van der Waals surface area contributed by atoms with Gasteiger partial charge in [0.25, 0.3) is 0 Å². The highest BCUT2D eigenvalue weighted by Gasteiger charge is 2.00. The topological polar surface area (TPSA) is 27.1 Å². The molecule has 3 nitrogen and oxygen atoms in total. The van der Waals surface area contributed by atoms with Gasteiger partial charge in [-0.25, -0.2) is 0 Å². The monoisotopic (exact) mass is 202 g/mol. The number of rotatable bonds is 3. The van der Waals surface area contributed by atoms with Crippen LogP contribution in [0.25, 0.3) is 0 Å². The van der Waals surface area contributed by atoms with E-state index in [1.807, 2.05) is 50.6 Å². The first-order chi connectivity index (χ1) is 7.25. The molecule has 78 valence electrons. The summed E-state index contributed by atoms with van der Waals surface area (Å²) in [5.41, 5.74) is 2.24. The zero-order valence-corrected chi connectivity index (χ0v) is 8.97. The maximum atomic E-state index is 5.68. The lowest BCUT2D eigenvalue weighted by Crippen LogP contribution is -1.95. The van der Waals surface area contributed by atoms with Crippen molar-refractivity contribution in [1.29, 1.82) is 0 Å². The highest BCUT2D eigenvalue weighted by molar-refractivity contribution is 5.31. The van der Waals surface area contributed by atoms with Crippen LogP contribution in [0.15, 0.2) is 36.7 Å². The van der Waals surface area contributed by atoms with Crippen LogP contribution in [-0.4, -0.2) is 9.78 Å². The first-order valence-electron chi connectivity index (χ1n) is 4.91. The average molecular weight is 202 g/mol. The first-order valence-corrected chi connectivity index (χ1v) is 4.91. The third-order valence-corrected chi connectivity index (χ3v) is 2.25. The van der Waals surface area contributed by atoms with E-state index in [0.717, 1.165) is 16.9 Å². The molecule has 1 heterocycles. The SMILES string of the molecule is Cc1ccccc1OCc1cnn(C)c1. The molecule has 0 unspecified atom stereocenters. The summed E-state index contributed by atoms with van der Waals surface area (Å²) in [5, 5.41) is 4.09. The van der Waals surface area contributed by atoms with Crippen molar-refractivity contribution >= 4 is 0 Å². The summed E-state index contributed by atoms with van der Waals surface area (Å²) in [6, 6.07) is 8.00. The lowest BCUT2D eigenvalue weighted by atomic mass is 10.2. The summed E-state index contributed by atoms with van der Waals surface area (Å²) in [5.74, 6) is 0.932. The molecule has 0 saturated carbocycles. The van der Waals surface area contributed by atoms with Crippen LogP contribution in [0, 0.1) is 6.92 Å². The van der Waals surface area contributed by atoms with Gasteiger partial charge in [-0.15, -0.1) is 0 Å². The summed E-state index contributed by atoms with van der Waals surface area (Å²) < 4.78 is 7.46. The molecule has 15 heavy (non-hydrogen) atoms. The highest BCUT2D eigenvalue weighted by atomic mass is 16.5. The summed E-state index contributed by atoms with van der Waals surface area (Å²) in [6.45, 7) is 2.61. The average Bonchev–Trinajstić information content (AvgIpc) is 2.63. The predicted molar refractivity (Wildman–Crippen MR) is 58.7 cm³/mol. The van der Waals surface area contributed by atoms with Crippen LogP contribution in [0.2, 0.25) is 0 Å². The second-order valence-electron chi connectivity index (χ2n) is 3.58. The molecule has 0 spiro atoms. The third-order valence-electron chi connectivity index (χ3n) is 2.25. The zero-order valence-electron chi connectivity index (χ0n) is 8.97. The van der Waals surface area contributed by atoms with E-state index in [0.29, 0.717) is 6.61 Å². The Hall–Kier alpha value is -1.77. The molecule has 1 aromatic carbocycles. The fourth-order valence-corrected chi connectivity index (χ4v) is 1.43. The van der Waals surface area contributed by atoms with Gasteiger partial charge in [0.05, 0.1) is 6.20 Å². The van der Waals surface area contributed by atoms with Crippen LogP contribution in [0.5, 0.6) is 5.75 Å². The molecule has 2 rings (SSSR count). The number of hydrogen-bond donors (Lipinski definition) is 0. The normalized spacial score (nSPS) is 10.3. The Bertz CT molecular complexity index is 448. The second-order valence-corrected chi connectivity index (χ2v) is 3.58. The van der Waals surface area contributed by atoms with Crippen LogP contribution in [0.1, 0.15) is 11.1 Å². The van der Waals surface area contributed by atoms with Crippen molar-refractivity contribution in [2.24, 2.45) is 7.05 Å². The van der Waals surface area contributed by atoms with Crippen LogP contribution < -0.4 is 4.74 Å². The maximum Gasteiger partial charge on any atom is 0.122 e. The Morgan fingerprint density at radius 3 is 2.80 bits per heavy atom. The number of nitrogens with zero attached hydrogens (tertiary/aromatic N) is 2. The van der Waals surface area contributed by atoms with E-state index in [9.17, 15) is 0 Å². The molecule has 0 aliphatic heterocycles. The van der Waals surface area contributed by atoms with Crippen molar-refractivity contribution < 1.29 is 4.74 Å². The van der Waals surface area contributed by atoms with Gasteiger partial charge in [0.15, 0.2) is 0 Å². The molecule has 1 aromatic heterocycles. The van der Waals surface area contributed by atoms with E-state index >= 15 is 0 Å². The Labute approximate surface area is 89.3 Å². The maximum absolute atomic E-state index is 5.68. The minimum absolute atomic E-state index is 0.568. The standard InChI is InChI=1S/C12H14N2O/c1-10-5-3-4-6-12(10)15-9-11-7-13-14(2)8-11/h3-8H,9H2,1-2H3. The fraction of sp³-hybridized carbons (Fsp3) is 0.250. The number of aryl methyl sites for hydroxylation is 2. The third kappa shape index (κ3) is 2.37. The Morgan fingerprint density at radius 1 is 1.33 bits per heavy atom. The molecule has 3 heteroatoms. The van der Waals surface area contributed by atoms with Crippen molar-refractivity contribution in [3.8, 4) is 5.75 Å². The number of benzene rings is 1. The van der Waals surface area contributed by atoms with Gasteiger partial charge in [0, 0.05) is 18.8 Å². The van der Waals surface area contributed by atoms with Gasteiger partial charge in [-0.3, -0.25) is 4.68 Å². The van der Waals surface area contributed by atoms with Crippen molar-refractivity contribution in [2.75, 3.05) is 0 Å². The first kappa shape index (κ1) is 9.77.